The first kappa shape index (κ1) is 19.1. The third-order valence-electron chi connectivity index (χ3n) is 6.21. The molecule has 2 aromatic rings. The van der Waals surface area contributed by atoms with Crippen LogP contribution in [0.2, 0.25) is 0 Å². The smallest absolute Gasteiger partial charge is 0.101 e. The van der Waals surface area contributed by atoms with E-state index in [0.717, 1.165) is 39.0 Å². The minimum absolute atomic E-state index is 0.00255. The van der Waals surface area contributed by atoms with Gasteiger partial charge in [0.15, 0.2) is 0 Å². The van der Waals surface area contributed by atoms with Crippen LogP contribution in [0.25, 0.3) is 0 Å². The first-order chi connectivity index (χ1) is 12.6. The number of aryl methyl sites for hydroxylation is 1. The molecule has 1 fully saturated rings. The normalized spacial score (nSPS) is 26.0. The van der Waals surface area contributed by atoms with Gasteiger partial charge in [0, 0.05) is 24.0 Å². The van der Waals surface area contributed by atoms with E-state index in [4.69, 9.17) is 4.74 Å². The highest BCUT2D eigenvalue weighted by atomic mass is 16.5. The predicted octanol–water partition coefficient (Wildman–Crippen LogP) is 4.37. The maximum absolute atomic E-state index is 6.18. The zero-order valence-corrected chi connectivity index (χ0v) is 16.6. The molecule has 0 unspecified atom stereocenters. The van der Waals surface area contributed by atoms with Crippen LogP contribution in [0.4, 0.5) is 0 Å². The molecule has 0 spiro atoms. The topological polar surface area (TPSA) is 25.8 Å². The number of ether oxygens (including phenoxy) is 1. The van der Waals surface area contributed by atoms with Crippen LogP contribution in [0.3, 0.4) is 0 Å². The quantitative estimate of drug-likeness (QED) is 0.736. The molecule has 2 atom stereocenters. The van der Waals surface area contributed by atoms with E-state index in [1.54, 1.807) is 0 Å². The molecule has 0 amide bonds. The third kappa shape index (κ3) is 4.55. The molecule has 0 bridgehead atoms. The van der Waals surface area contributed by atoms with Crippen molar-refractivity contribution < 1.29 is 10.1 Å². The van der Waals surface area contributed by atoms with E-state index >= 15 is 0 Å². The van der Waals surface area contributed by atoms with Gasteiger partial charge in [-0.15, -0.1) is 0 Å². The van der Waals surface area contributed by atoms with Crippen molar-refractivity contribution in [2.24, 2.45) is 0 Å². The van der Waals surface area contributed by atoms with E-state index in [0.29, 0.717) is 0 Å². The number of hydrogen-bond donors (Lipinski definition) is 1. The lowest BCUT2D eigenvalue weighted by Crippen LogP contribution is -2.83. The molecule has 1 heterocycles. The lowest BCUT2D eigenvalue weighted by Gasteiger charge is -2.46. The number of nitrogens with two attached hydrogens (primary N) is 1. The molecule has 0 aliphatic carbocycles. The Balaban J connectivity index is 1.72. The molecular formula is C24H34NO+. The monoisotopic (exact) mass is 352 g/mol. The highest BCUT2D eigenvalue weighted by molar-refractivity contribution is 5.30. The molecular weight excluding hydrogens is 318 g/mol. The summed E-state index contributed by atoms with van der Waals surface area (Å²) >= 11 is 0. The maximum Gasteiger partial charge on any atom is 0.101 e. The molecule has 0 aromatic heterocycles. The summed E-state index contributed by atoms with van der Waals surface area (Å²) in [5.74, 6) is 0. The summed E-state index contributed by atoms with van der Waals surface area (Å²) in [6.07, 6.45) is 4.54. The Morgan fingerprint density at radius 3 is 2.46 bits per heavy atom. The van der Waals surface area contributed by atoms with Crippen LogP contribution in [0, 0.1) is 6.92 Å². The van der Waals surface area contributed by atoms with Gasteiger partial charge in [0.2, 0.25) is 0 Å². The van der Waals surface area contributed by atoms with E-state index in [1.165, 1.54) is 23.1 Å². The standard InChI is InChI=1S/C24H33NO/c1-4-23(3)19-24(15-17-26-23,22-12-10-20(2)11-13-22)14-16-25-18-21-8-6-5-7-9-21/h5-13,25H,4,14-19H2,1-3H3/p+1/t23-,24-/m1/s1. The second-order valence-electron chi connectivity index (χ2n) is 8.24. The molecule has 0 saturated carbocycles. The number of hydrogen-bond acceptors (Lipinski definition) is 1. The van der Waals surface area contributed by atoms with Gasteiger partial charge in [-0.1, -0.05) is 67.1 Å². The van der Waals surface area contributed by atoms with Crippen LogP contribution in [-0.2, 0) is 16.7 Å². The van der Waals surface area contributed by atoms with Crippen LogP contribution in [0.5, 0.6) is 0 Å². The van der Waals surface area contributed by atoms with Crippen molar-refractivity contribution in [1.29, 1.82) is 0 Å². The Hall–Kier alpha value is -1.64. The molecule has 26 heavy (non-hydrogen) atoms. The van der Waals surface area contributed by atoms with Crippen LogP contribution < -0.4 is 5.32 Å². The Kier molecular flexibility index (Phi) is 6.16. The number of rotatable bonds is 7. The second kappa shape index (κ2) is 8.37. The molecule has 2 heteroatoms. The highest BCUT2D eigenvalue weighted by Gasteiger charge is 2.43. The second-order valence-corrected chi connectivity index (χ2v) is 8.24. The minimum Gasteiger partial charge on any atom is -0.375 e. The average molecular weight is 353 g/mol. The highest BCUT2D eigenvalue weighted by Crippen LogP contribution is 2.45. The molecule has 2 aromatic carbocycles. The number of quaternary nitrogens is 1. The van der Waals surface area contributed by atoms with Gasteiger partial charge < -0.3 is 10.1 Å². The van der Waals surface area contributed by atoms with Gasteiger partial charge in [0.25, 0.3) is 0 Å². The van der Waals surface area contributed by atoms with Gasteiger partial charge in [0.1, 0.15) is 6.54 Å². The number of benzene rings is 2. The fraction of sp³-hybridized carbons (Fsp3) is 0.500. The molecule has 1 aliphatic rings. The fourth-order valence-corrected chi connectivity index (χ4v) is 4.35. The molecule has 1 saturated heterocycles. The van der Waals surface area contributed by atoms with Crippen molar-refractivity contribution in [1.82, 2.24) is 0 Å². The van der Waals surface area contributed by atoms with E-state index in [9.17, 15) is 0 Å². The van der Waals surface area contributed by atoms with Gasteiger partial charge in [-0.25, -0.2) is 0 Å². The van der Waals surface area contributed by atoms with Gasteiger partial charge in [0.05, 0.1) is 12.1 Å². The third-order valence-corrected chi connectivity index (χ3v) is 6.21. The Labute approximate surface area is 159 Å². The summed E-state index contributed by atoms with van der Waals surface area (Å²) < 4.78 is 6.18. The van der Waals surface area contributed by atoms with Crippen molar-refractivity contribution in [3.63, 3.8) is 0 Å². The van der Waals surface area contributed by atoms with Crippen LogP contribution in [-0.4, -0.2) is 18.8 Å². The van der Waals surface area contributed by atoms with Crippen LogP contribution in [0.1, 0.15) is 56.2 Å². The summed E-state index contributed by atoms with van der Waals surface area (Å²) in [4.78, 5) is 0. The van der Waals surface area contributed by atoms with Crippen molar-refractivity contribution in [2.45, 2.75) is 64.0 Å². The van der Waals surface area contributed by atoms with Gasteiger partial charge in [-0.3, -0.25) is 0 Å². The molecule has 0 radical (unpaired) electrons. The Morgan fingerprint density at radius 2 is 1.77 bits per heavy atom. The van der Waals surface area contributed by atoms with E-state index in [-0.39, 0.29) is 11.0 Å². The van der Waals surface area contributed by atoms with Crippen molar-refractivity contribution >= 4 is 0 Å². The van der Waals surface area contributed by atoms with E-state index in [2.05, 4.69) is 80.7 Å². The molecule has 2 N–H and O–H groups in total. The Morgan fingerprint density at radius 1 is 1.04 bits per heavy atom. The van der Waals surface area contributed by atoms with Gasteiger partial charge in [-0.2, -0.15) is 0 Å². The summed E-state index contributed by atoms with van der Waals surface area (Å²) in [6.45, 7) is 9.81. The predicted molar refractivity (Wildman–Crippen MR) is 108 cm³/mol. The first-order valence-electron chi connectivity index (χ1n) is 10.1. The fourth-order valence-electron chi connectivity index (χ4n) is 4.35. The Bertz CT molecular complexity index is 681. The van der Waals surface area contributed by atoms with Crippen LogP contribution in [0.15, 0.2) is 54.6 Å². The molecule has 3 rings (SSSR count). The summed E-state index contributed by atoms with van der Waals surface area (Å²) in [5, 5.41) is 2.46. The lowest BCUT2D eigenvalue weighted by atomic mass is 9.66. The van der Waals surface area contributed by atoms with Crippen molar-refractivity contribution in [3.05, 3.63) is 71.3 Å². The minimum atomic E-state index is 0.00255. The van der Waals surface area contributed by atoms with E-state index < -0.39 is 0 Å². The largest absolute Gasteiger partial charge is 0.375 e. The summed E-state index contributed by atoms with van der Waals surface area (Å²) in [7, 11) is 0. The molecule has 1 aliphatic heterocycles. The van der Waals surface area contributed by atoms with Gasteiger partial charge >= 0.3 is 0 Å². The zero-order chi connectivity index (χ0) is 18.5. The van der Waals surface area contributed by atoms with E-state index in [1.807, 2.05) is 0 Å². The van der Waals surface area contributed by atoms with Crippen molar-refractivity contribution in [3.8, 4) is 0 Å². The maximum atomic E-state index is 6.18. The summed E-state index contributed by atoms with van der Waals surface area (Å²) in [6, 6.07) is 20.0. The van der Waals surface area contributed by atoms with Gasteiger partial charge in [-0.05, 0) is 38.7 Å². The molecule has 140 valence electrons. The van der Waals surface area contributed by atoms with Crippen LogP contribution >= 0.6 is 0 Å². The SMILES string of the molecule is CC[C@]1(C)C[C@](CC[NH2+]Cc2ccccc2)(c2ccc(C)cc2)CCO1. The lowest BCUT2D eigenvalue weighted by molar-refractivity contribution is -0.672. The van der Waals surface area contributed by atoms with Crippen molar-refractivity contribution in [2.75, 3.05) is 13.2 Å². The molecule has 2 nitrogen and oxygen atoms in total. The zero-order valence-electron chi connectivity index (χ0n) is 16.6. The summed E-state index contributed by atoms with van der Waals surface area (Å²) in [5.41, 5.74) is 4.48. The average Bonchev–Trinajstić information content (AvgIpc) is 2.67. The first-order valence-corrected chi connectivity index (χ1v) is 10.1.